The average Bonchev–Trinajstić information content (AvgIpc) is 3.76. The van der Waals surface area contributed by atoms with Gasteiger partial charge in [0.2, 0.25) is 5.91 Å². The van der Waals surface area contributed by atoms with E-state index in [0.717, 1.165) is 22.3 Å². The predicted molar refractivity (Wildman–Crippen MR) is 174 cm³/mol. The number of rotatable bonds is 11. The molecule has 4 aliphatic rings. The van der Waals surface area contributed by atoms with Crippen LogP contribution in [-0.4, -0.2) is 96.8 Å². The van der Waals surface area contributed by atoms with Gasteiger partial charge in [0.25, 0.3) is 0 Å². The Morgan fingerprint density at radius 3 is 2.02 bits per heavy atom. The maximum atomic E-state index is 12.9. The maximum absolute atomic E-state index is 12.9. The van der Waals surface area contributed by atoms with Gasteiger partial charge in [-0.3, -0.25) is 4.79 Å². The van der Waals surface area contributed by atoms with E-state index in [4.69, 9.17) is 33.2 Å². The third-order valence-electron chi connectivity index (χ3n) is 9.20. The molecule has 13 nitrogen and oxygen atoms in total. The molecule has 2 amide bonds. The van der Waals surface area contributed by atoms with E-state index in [1.807, 2.05) is 76.2 Å². The summed E-state index contributed by atoms with van der Waals surface area (Å²) in [6.07, 6.45) is -3.90. The van der Waals surface area contributed by atoms with Crippen LogP contribution in [0.1, 0.15) is 71.4 Å². The number of aliphatic carboxylic acids is 1. The zero-order valence-electron chi connectivity index (χ0n) is 28.7. The molecule has 0 radical (unpaired) electrons. The molecule has 0 aromatic heterocycles. The first-order valence-electron chi connectivity index (χ1n) is 16.8. The molecule has 3 N–H and O–H groups in total. The Balaban J connectivity index is 1.01. The van der Waals surface area contributed by atoms with Gasteiger partial charge in [-0.1, -0.05) is 48.5 Å². The number of hydrogen-bond donors (Lipinski definition) is 3. The lowest BCUT2D eigenvalue weighted by Crippen LogP contribution is -2.50. The highest BCUT2D eigenvalue weighted by Gasteiger charge is 2.57. The first-order valence-corrected chi connectivity index (χ1v) is 16.8. The summed E-state index contributed by atoms with van der Waals surface area (Å²) in [5.41, 5.74) is 4.25. The zero-order valence-corrected chi connectivity index (χ0v) is 28.7. The van der Waals surface area contributed by atoms with Crippen molar-refractivity contribution in [1.82, 2.24) is 10.6 Å². The third-order valence-corrected chi connectivity index (χ3v) is 9.20. The van der Waals surface area contributed by atoms with Crippen molar-refractivity contribution < 1.29 is 52.6 Å². The second kappa shape index (κ2) is 13.6. The molecular formula is C36H46N2O11. The monoisotopic (exact) mass is 682 g/mol. The van der Waals surface area contributed by atoms with Crippen LogP contribution in [0.25, 0.3) is 11.1 Å². The summed E-state index contributed by atoms with van der Waals surface area (Å²) in [6.45, 7) is 11.3. The molecule has 266 valence electrons. The van der Waals surface area contributed by atoms with Crippen molar-refractivity contribution in [3.8, 4) is 11.1 Å². The van der Waals surface area contributed by atoms with Gasteiger partial charge >= 0.3 is 12.1 Å². The molecule has 0 saturated carbocycles. The van der Waals surface area contributed by atoms with Crippen LogP contribution in [0.15, 0.2) is 48.5 Å². The highest BCUT2D eigenvalue weighted by Crippen LogP contribution is 2.45. The predicted octanol–water partition coefficient (Wildman–Crippen LogP) is 4.07. The topological polar surface area (TPSA) is 160 Å². The van der Waals surface area contributed by atoms with Crippen LogP contribution < -0.4 is 10.6 Å². The van der Waals surface area contributed by atoms with Gasteiger partial charge in [0.05, 0.1) is 6.61 Å². The Bertz CT molecular complexity index is 1510. The molecule has 3 saturated heterocycles. The fourth-order valence-corrected chi connectivity index (χ4v) is 7.15. The zero-order chi connectivity index (χ0) is 35.1. The standard InChI is InChI=1S/C36H46N2O11/c1-34(2)44-19-27(46-34)30-31(49-36(5,6)48-30)29-26(45-35(3,4)47-29)17-37-28(39)16-15-25(32(40)41)38-33(42)43-18-24-22-13-9-7-11-20(22)21-12-8-10-14-23(21)24/h7-14,24-27,29-31H,15-19H2,1-6H3,(H,37,39)(H,38,42)(H,40,41). The number of carboxylic acid groups (broad SMARTS) is 1. The lowest BCUT2D eigenvalue weighted by Gasteiger charge is -2.29. The van der Waals surface area contributed by atoms with E-state index in [1.165, 1.54) is 0 Å². The first-order chi connectivity index (χ1) is 23.1. The Labute approximate surface area is 285 Å². The summed E-state index contributed by atoms with van der Waals surface area (Å²) >= 11 is 0. The SMILES string of the molecule is CC1(C)OCC(C2OC(C)(C)OC2C2OC(C)(C)OC2CNC(=O)CCC(NC(=O)OCC2c3ccccc3-c3ccccc32)C(=O)O)O1. The number of carboxylic acids is 1. The van der Waals surface area contributed by atoms with Crippen molar-refractivity contribution in [2.75, 3.05) is 19.8 Å². The van der Waals surface area contributed by atoms with Crippen molar-refractivity contribution in [2.45, 2.75) is 114 Å². The Morgan fingerprint density at radius 1 is 0.816 bits per heavy atom. The number of alkyl carbamates (subject to hydrolysis) is 1. The third kappa shape index (κ3) is 7.92. The van der Waals surface area contributed by atoms with Crippen molar-refractivity contribution in [3.05, 3.63) is 59.7 Å². The molecule has 13 heteroatoms. The maximum Gasteiger partial charge on any atom is 0.407 e. The summed E-state index contributed by atoms with van der Waals surface area (Å²) in [5.74, 6) is -4.50. The molecule has 6 rings (SSSR count). The summed E-state index contributed by atoms with van der Waals surface area (Å²) < 4.78 is 42.3. The normalized spacial score (nSPS) is 28.4. The van der Waals surface area contributed by atoms with E-state index in [9.17, 15) is 19.5 Å². The number of amides is 2. The smallest absolute Gasteiger partial charge is 0.407 e. The lowest BCUT2D eigenvalue weighted by atomic mass is 9.98. The number of carbonyl (C=O) groups excluding carboxylic acids is 2. The molecule has 1 aliphatic carbocycles. The minimum absolute atomic E-state index is 0.0408. The number of carbonyl (C=O) groups is 3. The van der Waals surface area contributed by atoms with Crippen LogP contribution in [0.2, 0.25) is 0 Å². The molecule has 49 heavy (non-hydrogen) atoms. The largest absolute Gasteiger partial charge is 0.480 e. The Hall–Kier alpha value is -3.59. The van der Waals surface area contributed by atoms with Crippen molar-refractivity contribution in [3.63, 3.8) is 0 Å². The second-order valence-electron chi connectivity index (χ2n) is 14.3. The van der Waals surface area contributed by atoms with Gasteiger partial charge in [-0.25, -0.2) is 9.59 Å². The summed E-state index contributed by atoms with van der Waals surface area (Å²) in [4.78, 5) is 37.7. The van der Waals surface area contributed by atoms with Crippen molar-refractivity contribution in [2.24, 2.45) is 0 Å². The molecule has 2 aromatic carbocycles. The van der Waals surface area contributed by atoms with Gasteiger partial charge in [0, 0.05) is 18.9 Å². The van der Waals surface area contributed by atoms with Gasteiger partial charge in [-0.05, 0) is 70.2 Å². The highest BCUT2D eigenvalue weighted by atomic mass is 16.8. The van der Waals surface area contributed by atoms with Crippen LogP contribution >= 0.6 is 0 Å². The molecule has 0 spiro atoms. The number of benzene rings is 2. The number of hydrogen-bond acceptors (Lipinski definition) is 10. The van der Waals surface area contributed by atoms with Crippen LogP contribution in [0.5, 0.6) is 0 Å². The molecular weight excluding hydrogens is 636 g/mol. The Morgan fingerprint density at radius 2 is 1.41 bits per heavy atom. The van der Waals surface area contributed by atoms with E-state index in [0.29, 0.717) is 6.61 Å². The van der Waals surface area contributed by atoms with E-state index < -0.39 is 71.9 Å². The van der Waals surface area contributed by atoms with E-state index in [1.54, 1.807) is 13.8 Å². The summed E-state index contributed by atoms with van der Waals surface area (Å²) in [6, 6.07) is 14.5. The highest BCUT2D eigenvalue weighted by molar-refractivity contribution is 5.82. The van der Waals surface area contributed by atoms with Crippen molar-refractivity contribution >= 4 is 18.0 Å². The summed E-state index contributed by atoms with van der Waals surface area (Å²) in [5, 5.41) is 15.0. The molecule has 6 unspecified atom stereocenters. The molecule has 2 aromatic rings. The van der Waals surface area contributed by atoms with Crippen LogP contribution in [-0.2, 0) is 42.7 Å². The number of fused-ring (bicyclic) bond motifs is 3. The van der Waals surface area contributed by atoms with Crippen LogP contribution in [0.3, 0.4) is 0 Å². The fraction of sp³-hybridized carbons (Fsp3) is 0.583. The molecule has 3 heterocycles. The quantitative estimate of drug-likeness (QED) is 0.314. The minimum atomic E-state index is -1.33. The van der Waals surface area contributed by atoms with Gasteiger partial charge in [-0.15, -0.1) is 0 Å². The number of nitrogens with one attached hydrogen (secondary N) is 2. The van der Waals surface area contributed by atoms with Crippen molar-refractivity contribution in [1.29, 1.82) is 0 Å². The van der Waals surface area contributed by atoms with E-state index in [-0.39, 0.29) is 31.9 Å². The van der Waals surface area contributed by atoms with E-state index in [2.05, 4.69) is 10.6 Å². The summed E-state index contributed by atoms with van der Waals surface area (Å²) in [7, 11) is 0. The van der Waals surface area contributed by atoms with Gasteiger partial charge in [0.15, 0.2) is 17.4 Å². The fourth-order valence-electron chi connectivity index (χ4n) is 7.15. The average molecular weight is 683 g/mol. The Kier molecular flexibility index (Phi) is 9.79. The molecule has 3 fully saturated rings. The van der Waals surface area contributed by atoms with E-state index >= 15 is 0 Å². The number of ether oxygens (including phenoxy) is 7. The van der Waals surface area contributed by atoms with Gasteiger partial charge < -0.3 is 48.9 Å². The van der Waals surface area contributed by atoms with Gasteiger partial charge in [-0.2, -0.15) is 0 Å². The van der Waals surface area contributed by atoms with Crippen LogP contribution in [0.4, 0.5) is 4.79 Å². The van der Waals surface area contributed by atoms with Crippen LogP contribution in [0, 0.1) is 0 Å². The van der Waals surface area contributed by atoms with Gasteiger partial charge in [0.1, 0.15) is 43.2 Å². The second-order valence-corrected chi connectivity index (χ2v) is 14.3. The minimum Gasteiger partial charge on any atom is -0.480 e. The molecule has 3 aliphatic heterocycles. The first kappa shape index (κ1) is 35.2. The lowest BCUT2D eigenvalue weighted by molar-refractivity contribution is -0.178. The molecule has 6 atom stereocenters. The molecule has 0 bridgehead atoms.